The molecule has 0 fully saturated rings. The van der Waals surface area contributed by atoms with Crippen LogP contribution >= 0.6 is 0 Å². The number of ether oxygens (including phenoxy) is 3. The first kappa shape index (κ1) is 29.9. The average molecular weight is 535 g/mol. The fourth-order valence-electron chi connectivity index (χ4n) is 3.21. The molecule has 0 heterocycles. The van der Waals surface area contributed by atoms with Crippen molar-refractivity contribution in [1.82, 2.24) is 10.6 Å². The van der Waals surface area contributed by atoms with E-state index in [0.717, 1.165) is 12.3 Å². The summed E-state index contributed by atoms with van der Waals surface area (Å²) in [4.78, 5) is 29.2. The van der Waals surface area contributed by atoms with Gasteiger partial charge < -0.3 is 30.6 Å². The van der Waals surface area contributed by atoms with Gasteiger partial charge in [0, 0.05) is 32.3 Å². The Morgan fingerprint density at radius 1 is 1.11 bits per heavy atom. The third-order valence-electron chi connectivity index (χ3n) is 5.18. The van der Waals surface area contributed by atoms with Crippen molar-refractivity contribution in [3.8, 4) is 17.2 Å². The molecule has 0 saturated carbocycles. The number of nitrogens with two attached hydrogens (primary N) is 1. The molecule has 1 atom stereocenters. The lowest BCUT2D eigenvalue weighted by atomic mass is 10.0. The van der Waals surface area contributed by atoms with E-state index in [1.165, 1.54) is 57.8 Å². The molecule has 4 N–H and O–H groups in total. The van der Waals surface area contributed by atoms with Gasteiger partial charge in [-0.15, -0.1) is 0 Å². The van der Waals surface area contributed by atoms with Crippen LogP contribution in [-0.2, 0) is 27.0 Å². The van der Waals surface area contributed by atoms with Crippen molar-refractivity contribution in [2.45, 2.75) is 25.2 Å². The number of rotatable bonds is 12. The summed E-state index contributed by atoms with van der Waals surface area (Å²) < 4.78 is 55.7. The van der Waals surface area contributed by atoms with Gasteiger partial charge in [0.1, 0.15) is 28.4 Å². The van der Waals surface area contributed by atoms with Crippen LogP contribution in [0.2, 0.25) is 0 Å². The number of carbonyl (C=O) groups excluding carboxylic acids is 2. The molecule has 0 aliphatic rings. The van der Waals surface area contributed by atoms with E-state index >= 15 is 0 Å². The van der Waals surface area contributed by atoms with Crippen LogP contribution in [0.15, 0.2) is 72.0 Å². The molecule has 0 aliphatic heterocycles. The Morgan fingerprint density at radius 3 is 2.32 bits per heavy atom. The molecule has 2 aromatic rings. The number of nitrogens with one attached hydrogen (secondary N) is 2. The van der Waals surface area contributed by atoms with Gasteiger partial charge in [-0.3, -0.25) is 14.6 Å². The number of hydrogen-bond donors (Lipinski definition) is 3. The zero-order chi connectivity index (χ0) is 28.3. The number of halogens is 3. The summed E-state index contributed by atoms with van der Waals surface area (Å²) in [5.41, 5.74) is 3.69. The number of aliphatic imine (C=N–C) groups is 1. The molecule has 38 heavy (non-hydrogen) atoms. The molecule has 2 aromatic carbocycles. The van der Waals surface area contributed by atoms with Crippen molar-refractivity contribution < 1.29 is 37.0 Å². The second-order valence-electron chi connectivity index (χ2n) is 8.09. The van der Waals surface area contributed by atoms with E-state index in [1.54, 1.807) is 12.1 Å². The molecule has 2 rings (SSSR count). The molecular weight excluding hydrogens is 505 g/mol. The second kappa shape index (κ2) is 13.3. The molecule has 0 saturated heterocycles. The maximum absolute atomic E-state index is 13.4. The highest BCUT2D eigenvalue weighted by molar-refractivity contribution is 6.13. The summed E-state index contributed by atoms with van der Waals surface area (Å²) in [6.45, 7) is 4.81. The minimum absolute atomic E-state index is 0.0150. The maximum Gasteiger partial charge on any atom is 0.420 e. The van der Waals surface area contributed by atoms with Crippen LogP contribution < -0.4 is 25.8 Å². The number of carbonyl (C=O) groups is 2. The van der Waals surface area contributed by atoms with Crippen molar-refractivity contribution in [2.75, 3.05) is 20.8 Å². The molecule has 9 nitrogen and oxygen atoms in total. The van der Waals surface area contributed by atoms with Gasteiger partial charge in [0.15, 0.2) is 0 Å². The van der Waals surface area contributed by atoms with Crippen molar-refractivity contribution in [3.63, 3.8) is 0 Å². The third-order valence-corrected chi connectivity index (χ3v) is 5.18. The molecule has 0 spiro atoms. The van der Waals surface area contributed by atoms with Gasteiger partial charge in [-0.05, 0) is 42.8 Å². The highest BCUT2D eigenvalue weighted by Gasteiger charge is 2.36. The fourth-order valence-corrected chi connectivity index (χ4v) is 3.21. The number of amides is 2. The highest BCUT2D eigenvalue weighted by Crippen LogP contribution is 2.40. The molecule has 2 amide bonds. The molecule has 0 radical (unpaired) electrons. The number of hydrogen-bond acceptors (Lipinski definition) is 7. The Hall–Kier alpha value is -4.32. The monoisotopic (exact) mass is 534 g/mol. The average Bonchev–Trinajstić information content (AvgIpc) is 2.88. The molecule has 12 heteroatoms. The Morgan fingerprint density at radius 2 is 1.76 bits per heavy atom. The lowest BCUT2D eigenvalue weighted by molar-refractivity contribution is -0.138. The summed E-state index contributed by atoms with van der Waals surface area (Å²) >= 11 is 0. The van der Waals surface area contributed by atoms with Gasteiger partial charge in [-0.25, -0.2) is 0 Å². The van der Waals surface area contributed by atoms with E-state index in [0.29, 0.717) is 5.56 Å². The second-order valence-corrected chi connectivity index (χ2v) is 8.09. The third kappa shape index (κ3) is 8.10. The smallest absolute Gasteiger partial charge is 0.420 e. The lowest BCUT2D eigenvalue weighted by Gasteiger charge is -2.29. The van der Waals surface area contributed by atoms with Crippen molar-refractivity contribution >= 4 is 18.0 Å². The Labute approximate surface area is 218 Å². The van der Waals surface area contributed by atoms with Crippen LogP contribution in [0.4, 0.5) is 13.2 Å². The summed E-state index contributed by atoms with van der Waals surface area (Å²) in [6.07, 6.45) is -1.18. The molecule has 0 aliphatic carbocycles. The topological polar surface area (TPSA) is 124 Å². The van der Waals surface area contributed by atoms with E-state index < -0.39 is 29.1 Å². The number of methoxy groups -OCH3 is 2. The first-order valence-electron chi connectivity index (χ1n) is 11.1. The van der Waals surface area contributed by atoms with Gasteiger partial charge in [0.05, 0.1) is 19.3 Å². The van der Waals surface area contributed by atoms with Crippen LogP contribution in [0.5, 0.6) is 17.2 Å². The zero-order valence-electron chi connectivity index (χ0n) is 21.1. The van der Waals surface area contributed by atoms with Gasteiger partial charge in [0.25, 0.3) is 5.91 Å². The van der Waals surface area contributed by atoms with Crippen molar-refractivity contribution in [1.29, 1.82) is 0 Å². The molecule has 0 bridgehead atoms. The SMILES string of the molecule is C=CN=C/C(=C\N)C(=O)N[C@@](C)(COC)C(=O)NCc1ccc(Oc2ccc(OC)cc2C(F)(F)F)cc1. The fraction of sp³-hybridized carbons (Fsp3) is 0.269. The van der Waals surface area contributed by atoms with Gasteiger partial charge in [-0.2, -0.15) is 13.2 Å². The van der Waals surface area contributed by atoms with Crippen molar-refractivity contribution in [3.05, 3.63) is 78.1 Å². The minimum Gasteiger partial charge on any atom is -0.497 e. The predicted molar refractivity (Wildman–Crippen MR) is 136 cm³/mol. The van der Waals surface area contributed by atoms with Crippen LogP contribution in [-0.4, -0.2) is 44.4 Å². The van der Waals surface area contributed by atoms with E-state index in [-0.39, 0.29) is 36.0 Å². The molecule has 0 aromatic heterocycles. The van der Waals surface area contributed by atoms with Crippen LogP contribution in [0.3, 0.4) is 0 Å². The van der Waals surface area contributed by atoms with Crippen LogP contribution in [0.1, 0.15) is 18.1 Å². The van der Waals surface area contributed by atoms with Gasteiger partial charge >= 0.3 is 6.18 Å². The van der Waals surface area contributed by atoms with E-state index in [4.69, 9.17) is 19.9 Å². The Bertz CT molecular complexity index is 1200. The van der Waals surface area contributed by atoms with Crippen LogP contribution in [0.25, 0.3) is 0 Å². The van der Waals surface area contributed by atoms with Gasteiger partial charge in [-0.1, -0.05) is 18.7 Å². The number of nitrogens with zero attached hydrogens (tertiary/aromatic N) is 1. The predicted octanol–water partition coefficient (Wildman–Crippen LogP) is 3.70. The Balaban J connectivity index is 2.10. The van der Waals surface area contributed by atoms with E-state index in [2.05, 4.69) is 22.2 Å². The molecule has 204 valence electrons. The minimum atomic E-state index is -4.64. The van der Waals surface area contributed by atoms with E-state index in [9.17, 15) is 22.8 Å². The normalized spacial score (nSPS) is 13.5. The highest BCUT2D eigenvalue weighted by atomic mass is 19.4. The van der Waals surface area contributed by atoms with Crippen molar-refractivity contribution in [2.24, 2.45) is 10.7 Å². The summed E-state index contributed by atoms with van der Waals surface area (Å²) in [5, 5.41) is 5.28. The first-order chi connectivity index (χ1) is 18.0. The first-order valence-corrected chi connectivity index (χ1v) is 11.1. The van der Waals surface area contributed by atoms with Gasteiger partial charge in [0.2, 0.25) is 5.91 Å². The largest absolute Gasteiger partial charge is 0.497 e. The molecular formula is C26H29F3N4O5. The summed E-state index contributed by atoms with van der Waals surface area (Å²) in [5.74, 6) is -1.36. The summed E-state index contributed by atoms with van der Waals surface area (Å²) in [7, 11) is 2.65. The summed E-state index contributed by atoms with van der Waals surface area (Å²) in [6, 6.07) is 9.50. The zero-order valence-corrected chi connectivity index (χ0v) is 21.1. The lowest BCUT2D eigenvalue weighted by Crippen LogP contribution is -2.59. The maximum atomic E-state index is 13.4. The number of benzene rings is 2. The quantitative estimate of drug-likeness (QED) is 0.282. The standard InChI is InChI=1S/C26H29F3N4O5/c1-5-31-15-18(13-30)23(34)33-25(2,16-36-3)24(35)32-14-17-6-8-19(9-7-17)38-22-11-10-20(37-4)12-21(22)26(27,28)29/h5-13,15H,1,14,16,30H2,2-4H3,(H,32,35)(H,33,34)/b18-13+,31-15?/t25-/m0/s1. The van der Waals surface area contributed by atoms with Crippen LogP contribution in [0, 0.1) is 0 Å². The number of alkyl halides is 3. The Kier molecular flexibility index (Phi) is 10.5. The molecule has 0 unspecified atom stereocenters. The van der Waals surface area contributed by atoms with E-state index in [1.807, 2.05) is 0 Å².